The number of aromatic hydroxyl groups is 1. The molecular weight excluding hydrogens is 538 g/mol. The van der Waals surface area contributed by atoms with Crippen LogP contribution in [0.5, 0.6) is 5.88 Å². The van der Waals surface area contributed by atoms with Crippen molar-refractivity contribution in [1.29, 1.82) is 0 Å². The molecule has 0 bridgehead atoms. The van der Waals surface area contributed by atoms with Crippen molar-refractivity contribution in [2.24, 2.45) is 10.9 Å². The molecule has 196 valence electrons. The summed E-state index contributed by atoms with van der Waals surface area (Å²) in [5, 5.41) is 22.1. The number of H-pyrrole nitrogens is 2. The van der Waals surface area contributed by atoms with E-state index in [1.807, 2.05) is 12.1 Å². The second-order valence-electron chi connectivity index (χ2n) is 9.70. The van der Waals surface area contributed by atoms with Crippen molar-refractivity contribution >= 4 is 70.5 Å². The summed E-state index contributed by atoms with van der Waals surface area (Å²) in [4.78, 5) is 32.3. The number of carbonyl (C=O) groups excluding carboxylic acids is 1. The highest BCUT2D eigenvalue weighted by molar-refractivity contribution is 7.71. The monoisotopic (exact) mass is 559 g/mol. The zero-order valence-electron chi connectivity index (χ0n) is 20.3. The average Bonchev–Trinajstić information content (AvgIpc) is 3.26. The lowest BCUT2D eigenvalue weighted by molar-refractivity contribution is -0.118. The maximum Gasteiger partial charge on any atom is 0.271 e. The lowest BCUT2D eigenvalue weighted by Crippen LogP contribution is -2.63. The van der Waals surface area contributed by atoms with E-state index in [1.165, 1.54) is 6.20 Å². The molecule has 39 heavy (non-hydrogen) atoms. The lowest BCUT2D eigenvalue weighted by atomic mass is 10.1. The molecule has 1 saturated heterocycles. The Labute approximate surface area is 231 Å². The molecule has 2 aliphatic heterocycles. The standard InChI is InChI=1S/C26H22ClN9O2S/c27-16-8-18-15(11-30-22(18)31-12-16)7-20-24(38)33-25(39)36(20)26(32-9-13-3-4-13)34-19(23(37)35-26)6-14-10-29-21-17(14)2-1-5-28-21/h1-2,5-8,10-13,32,34,38H,3-4,9H2,(H,28,29)(H,33,39)(H,35,37). The molecule has 11 nitrogen and oxygen atoms in total. The van der Waals surface area contributed by atoms with Crippen LogP contribution in [0.15, 0.2) is 47.5 Å². The Morgan fingerprint density at radius 1 is 1.28 bits per heavy atom. The maximum absolute atomic E-state index is 13.4. The van der Waals surface area contributed by atoms with E-state index in [1.54, 1.807) is 41.4 Å². The Bertz CT molecular complexity index is 1810. The molecule has 6 heterocycles. The first-order valence-electron chi connectivity index (χ1n) is 12.4. The summed E-state index contributed by atoms with van der Waals surface area (Å²) in [7, 11) is 0. The van der Waals surface area contributed by atoms with Gasteiger partial charge in [-0.15, -0.1) is 0 Å². The third kappa shape index (κ3) is 4.13. The minimum absolute atomic E-state index is 0.159. The Balaban J connectivity index is 1.33. The summed E-state index contributed by atoms with van der Waals surface area (Å²) >= 11 is 11.8. The molecule has 1 atom stereocenters. The minimum atomic E-state index is -1.35. The molecule has 1 unspecified atom stereocenters. The van der Waals surface area contributed by atoms with Crippen LogP contribution in [-0.4, -0.2) is 48.3 Å². The van der Waals surface area contributed by atoms with Crippen LogP contribution < -0.4 is 16.0 Å². The van der Waals surface area contributed by atoms with Crippen molar-refractivity contribution in [1.82, 2.24) is 40.5 Å². The molecule has 1 saturated carbocycles. The molecule has 3 aliphatic rings. The number of rotatable bonds is 6. The van der Waals surface area contributed by atoms with Gasteiger partial charge >= 0.3 is 0 Å². The Morgan fingerprint density at radius 2 is 2.15 bits per heavy atom. The summed E-state index contributed by atoms with van der Waals surface area (Å²) in [5.41, 5.74) is 3.59. The van der Waals surface area contributed by atoms with Gasteiger partial charge in [-0.2, -0.15) is 0 Å². The number of nitrogens with one attached hydrogen (secondary N) is 5. The van der Waals surface area contributed by atoms with E-state index in [4.69, 9.17) is 23.8 Å². The third-order valence-corrected chi connectivity index (χ3v) is 7.48. The summed E-state index contributed by atoms with van der Waals surface area (Å²) in [6, 6.07) is 5.54. The van der Waals surface area contributed by atoms with Gasteiger partial charge in [0.2, 0.25) is 5.88 Å². The van der Waals surface area contributed by atoms with E-state index in [2.05, 4.69) is 40.9 Å². The van der Waals surface area contributed by atoms with Crippen molar-refractivity contribution < 1.29 is 9.90 Å². The number of carbonyl (C=O) groups is 1. The van der Waals surface area contributed by atoms with Gasteiger partial charge in [0.05, 0.1) is 5.02 Å². The number of aromatic nitrogens is 5. The van der Waals surface area contributed by atoms with Gasteiger partial charge in [-0.1, -0.05) is 11.6 Å². The molecule has 1 aliphatic carbocycles. The van der Waals surface area contributed by atoms with E-state index < -0.39 is 5.91 Å². The second-order valence-corrected chi connectivity index (χ2v) is 10.5. The fourth-order valence-corrected chi connectivity index (χ4v) is 5.36. The number of amides is 1. The molecular formula is C26H22ClN9O2S. The predicted molar refractivity (Wildman–Crippen MR) is 151 cm³/mol. The normalized spacial score (nSPS) is 22.1. The molecule has 2 fully saturated rings. The highest BCUT2D eigenvalue weighted by atomic mass is 35.5. The summed E-state index contributed by atoms with van der Waals surface area (Å²) < 4.78 is 1.83. The average molecular weight is 560 g/mol. The molecule has 0 aromatic carbocycles. The van der Waals surface area contributed by atoms with Gasteiger partial charge < -0.3 is 20.4 Å². The summed E-state index contributed by atoms with van der Waals surface area (Å²) in [5.74, 6) is -0.825. The van der Waals surface area contributed by atoms with E-state index in [-0.39, 0.29) is 16.6 Å². The number of nitrogens with zero attached hydrogens (tertiary/aromatic N) is 4. The number of aliphatic imine (C=N–C) groups is 1. The van der Waals surface area contributed by atoms with E-state index in [0.717, 1.165) is 35.0 Å². The number of hydrogen-bond donors (Lipinski definition) is 6. The van der Waals surface area contributed by atoms with Crippen LogP contribution in [0.25, 0.3) is 28.8 Å². The van der Waals surface area contributed by atoms with Crippen LogP contribution in [0.3, 0.4) is 0 Å². The highest BCUT2D eigenvalue weighted by Crippen LogP contribution is 2.36. The molecule has 4 aromatic rings. The quantitative estimate of drug-likeness (QED) is 0.156. The number of aromatic amines is 2. The van der Waals surface area contributed by atoms with E-state index >= 15 is 0 Å². The molecule has 1 amide bonds. The van der Waals surface area contributed by atoms with Gasteiger partial charge in [0.1, 0.15) is 17.0 Å². The van der Waals surface area contributed by atoms with Crippen molar-refractivity contribution in [3.8, 4) is 5.88 Å². The van der Waals surface area contributed by atoms with Crippen molar-refractivity contribution in [3.63, 3.8) is 0 Å². The first-order valence-corrected chi connectivity index (χ1v) is 13.1. The zero-order valence-corrected chi connectivity index (χ0v) is 21.9. The smallest absolute Gasteiger partial charge is 0.271 e. The van der Waals surface area contributed by atoms with Gasteiger partial charge in [0.25, 0.3) is 11.8 Å². The summed E-state index contributed by atoms with van der Waals surface area (Å²) in [6.07, 6.45) is 12.4. The van der Waals surface area contributed by atoms with E-state index in [0.29, 0.717) is 40.3 Å². The zero-order chi connectivity index (χ0) is 26.7. The van der Waals surface area contributed by atoms with Crippen LogP contribution in [0, 0.1) is 10.7 Å². The van der Waals surface area contributed by atoms with Gasteiger partial charge in [0, 0.05) is 53.4 Å². The number of fused-ring (bicyclic) bond motifs is 2. The SMILES string of the molecule is O=C1NC(NCC2CC2)(n2c(C=C3C=Nc4ncc(Cl)cc43)c(O)[nH]c2=S)NC1=Cc1c[nH]c2ncccc12. The summed E-state index contributed by atoms with van der Waals surface area (Å²) in [6.45, 7) is 0.630. The van der Waals surface area contributed by atoms with Crippen LogP contribution in [0.2, 0.25) is 5.02 Å². The number of hydrogen-bond acceptors (Lipinski definition) is 8. The van der Waals surface area contributed by atoms with Gasteiger partial charge in [-0.3, -0.25) is 20.0 Å². The fourth-order valence-electron chi connectivity index (χ4n) is 4.87. The lowest BCUT2D eigenvalue weighted by Gasteiger charge is -2.33. The van der Waals surface area contributed by atoms with Gasteiger partial charge in [-0.05, 0) is 61.3 Å². The molecule has 0 spiro atoms. The van der Waals surface area contributed by atoms with Crippen LogP contribution in [-0.2, 0) is 10.7 Å². The molecule has 4 aromatic heterocycles. The second kappa shape index (κ2) is 8.90. The van der Waals surface area contributed by atoms with Gasteiger partial charge in [0.15, 0.2) is 10.6 Å². The molecule has 6 N–H and O–H groups in total. The Hall–Kier alpha value is -4.26. The molecule has 13 heteroatoms. The minimum Gasteiger partial charge on any atom is -0.493 e. The number of pyridine rings is 2. The fraction of sp³-hybridized carbons (Fsp3) is 0.192. The Kier molecular flexibility index (Phi) is 5.44. The van der Waals surface area contributed by atoms with Crippen molar-refractivity contribution in [2.75, 3.05) is 6.54 Å². The topological polar surface area (TPSA) is 148 Å². The van der Waals surface area contributed by atoms with Gasteiger partial charge in [-0.25, -0.2) is 15.0 Å². The number of allylic oxidation sites excluding steroid dienone is 1. The first-order chi connectivity index (χ1) is 18.9. The number of halogens is 1. The molecule has 0 radical (unpaired) electrons. The third-order valence-electron chi connectivity index (χ3n) is 6.99. The predicted octanol–water partition coefficient (Wildman–Crippen LogP) is 3.76. The maximum atomic E-state index is 13.4. The highest BCUT2D eigenvalue weighted by Gasteiger charge is 2.45. The van der Waals surface area contributed by atoms with E-state index in [9.17, 15) is 9.90 Å². The largest absolute Gasteiger partial charge is 0.493 e. The van der Waals surface area contributed by atoms with Crippen molar-refractivity contribution in [2.45, 2.75) is 18.8 Å². The van der Waals surface area contributed by atoms with Crippen molar-refractivity contribution in [3.05, 3.63) is 69.1 Å². The van der Waals surface area contributed by atoms with Crippen LogP contribution >= 0.6 is 23.8 Å². The Morgan fingerprint density at radius 3 is 3.00 bits per heavy atom. The van der Waals surface area contributed by atoms with Crippen LogP contribution in [0.1, 0.15) is 29.7 Å². The molecule has 7 rings (SSSR count). The first kappa shape index (κ1) is 23.8. The van der Waals surface area contributed by atoms with Crippen LogP contribution in [0.4, 0.5) is 5.82 Å². The number of imidazole rings is 1.